The zero-order valence-electron chi connectivity index (χ0n) is 17.8. The molecule has 3 heterocycles. The third-order valence-corrected chi connectivity index (χ3v) is 5.91. The molecule has 1 aliphatic rings. The number of nitrogens with one attached hydrogen (secondary N) is 2. The Hall–Kier alpha value is -3.52. The van der Waals surface area contributed by atoms with Crippen molar-refractivity contribution in [3.63, 3.8) is 0 Å². The molecule has 1 aliphatic heterocycles. The number of piperazine rings is 1. The lowest BCUT2D eigenvalue weighted by molar-refractivity contribution is -0.106. The number of nitriles is 1. The minimum Gasteiger partial charge on any atom is -0.372 e. The molecule has 0 spiro atoms. The van der Waals surface area contributed by atoms with E-state index in [1.165, 1.54) is 11.3 Å². The van der Waals surface area contributed by atoms with E-state index in [1.807, 2.05) is 25.1 Å². The number of nitrogens with two attached hydrogens (primary N) is 1. The molecule has 0 radical (unpaired) electrons. The van der Waals surface area contributed by atoms with Crippen LogP contribution in [0.1, 0.15) is 11.3 Å². The highest BCUT2D eigenvalue weighted by molar-refractivity contribution is 7.19. The zero-order valence-corrected chi connectivity index (χ0v) is 19.4. The molecule has 4 rings (SSSR count). The fourth-order valence-corrected chi connectivity index (χ4v) is 4.51. The summed E-state index contributed by atoms with van der Waals surface area (Å²) in [6, 6.07) is 13.0. The van der Waals surface area contributed by atoms with Crippen LogP contribution in [0.5, 0.6) is 0 Å². The highest BCUT2D eigenvalue weighted by Crippen LogP contribution is 2.40. The van der Waals surface area contributed by atoms with Crippen LogP contribution in [0.3, 0.4) is 0 Å². The minimum absolute atomic E-state index is 0.168. The van der Waals surface area contributed by atoms with E-state index >= 15 is 0 Å². The summed E-state index contributed by atoms with van der Waals surface area (Å²) in [4.78, 5) is 32.8. The molecule has 3 amide bonds. The average molecular weight is 484 g/mol. The normalized spacial score (nSPS) is 12.8. The summed E-state index contributed by atoms with van der Waals surface area (Å²) >= 11 is 7.56. The fraction of sp³-hybridized carbons (Fsp3) is 0.227. The van der Waals surface area contributed by atoms with Crippen molar-refractivity contribution < 1.29 is 9.59 Å². The van der Waals surface area contributed by atoms with Gasteiger partial charge in [0.2, 0.25) is 6.41 Å². The van der Waals surface area contributed by atoms with E-state index < -0.39 is 0 Å². The number of hydrogen-bond donors (Lipinski definition) is 3. The Balaban J connectivity index is 0.000000968. The maximum Gasteiger partial charge on any atom is 0.323 e. The van der Waals surface area contributed by atoms with Crippen molar-refractivity contribution in [3.05, 3.63) is 52.8 Å². The number of carbonyl (C=O) groups excluding carboxylic acids is 2. The number of rotatable bonds is 3. The van der Waals surface area contributed by atoms with Gasteiger partial charge < -0.3 is 16.0 Å². The van der Waals surface area contributed by atoms with Crippen LogP contribution in [0, 0.1) is 18.3 Å². The van der Waals surface area contributed by atoms with E-state index in [2.05, 4.69) is 27.4 Å². The SMILES string of the molecule is Cc1cc(-c2sc(NC(=O)N3CCNCC3)nc2-c2cccc(C#N)c2)cc(Cl)n1.NC=O. The van der Waals surface area contributed by atoms with Crippen molar-refractivity contribution in [2.45, 2.75) is 6.92 Å². The fourth-order valence-electron chi connectivity index (χ4n) is 3.30. The molecule has 1 saturated heterocycles. The number of halogens is 1. The standard InChI is InChI=1S/C21H19ClN6OS.CH3NO/c1-13-9-16(11-17(22)25-13)19-18(15-4-2-3-14(10-15)12-23)26-20(30-19)27-21(29)28-7-5-24-6-8-28;2-1-3/h2-4,9-11,24H,5-8H2,1H3,(H,26,27,29);1H,(H2,2,3). The number of amides is 3. The first-order valence-electron chi connectivity index (χ1n) is 10.0. The van der Waals surface area contributed by atoms with Gasteiger partial charge in [0.25, 0.3) is 0 Å². The Morgan fingerprint density at radius 3 is 2.67 bits per heavy atom. The number of thiazole rings is 1. The number of urea groups is 1. The number of carbonyl (C=O) groups is 2. The number of primary amides is 1. The van der Waals surface area contributed by atoms with Gasteiger partial charge in [0, 0.05) is 37.4 Å². The molecule has 0 saturated carbocycles. The topological polar surface area (TPSA) is 137 Å². The zero-order chi connectivity index (χ0) is 23.8. The third kappa shape index (κ3) is 6.26. The van der Waals surface area contributed by atoms with Gasteiger partial charge in [-0.25, -0.2) is 14.8 Å². The van der Waals surface area contributed by atoms with Crippen molar-refractivity contribution in [2.24, 2.45) is 5.73 Å². The van der Waals surface area contributed by atoms with Crippen LogP contribution < -0.4 is 16.4 Å². The van der Waals surface area contributed by atoms with Crippen LogP contribution >= 0.6 is 22.9 Å². The third-order valence-electron chi connectivity index (χ3n) is 4.69. The molecule has 170 valence electrons. The number of nitrogens with zero attached hydrogens (tertiary/aromatic N) is 4. The molecular weight excluding hydrogens is 462 g/mol. The molecule has 3 aromatic rings. The maximum absolute atomic E-state index is 12.6. The Morgan fingerprint density at radius 2 is 2.00 bits per heavy atom. The lowest BCUT2D eigenvalue weighted by Gasteiger charge is -2.26. The van der Waals surface area contributed by atoms with Crippen molar-refractivity contribution >= 4 is 40.5 Å². The van der Waals surface area contributed by atoms with Gasteiger partial charge in [-0.3, -0.25) is 10.1 Å². The highest BCUT2D eigenvalue weighted by Gasteiger charge is 2.21. The number of pyridine rings is 1. The first-order chi connectivity index (χ1) is 15.9. The smallest absolute Gasteiger partial charge is 0.323 e. The molecule has 0 atom stereocenters. The van der Waals surface area contributed by atoms with Gasteiger partial charge in [-0.05, 0) is 36.8 Å². The van der Waals surface area contributed by atoms with Crippen molar-refractivity contribution in [2.75, 3.05) is 31.5 Å². The maximum atomic E-state index is 12.6. The lowest BCUT2D eigenvalue weighted by atomic mass is 10.1. The quantitative estimate of drug-likeness (QED) is 0.386. The van der Waals surface area contributed by atoms with Gasteiger partial charge in [-0.15, -0.1) is 0 Å². The summed E-state index contributed by atoms with van der Waals surface area (Å²) in [7, 11) is 0. The van der Waals surface area contributed by atoms with E-state index in [9.17, 15) is 10.1 Å². The molecular formula is C22H22ClN7O2S. The molecule has 2 aromatic heterocycles. The Labute approximate surface area is 200 Å². The first-order valence-corrected chi connectivity index (χ1v) is 11.2. The number of benzene rings is 1. The van der Waals surface area contributed by atoms with Crippen LogP contribution in [0.2, 0.25) is 5.15 Å². The molecule has 33 heavy (non-hydrogen) atoms. The monoisotopic (exact) mass is 483 g/mol. The van der Waals surface area contributed by atoms with E-state index in [1.54, 1.807) is 23.1 Å². The van der Waals surface area contributed by atoms with Gasteiger partial charge in [0.05, 0.1) is 22.2 Å². The summed E-state index contributed by atoms with van der Waals surface area (Å²) in [6.07, 6.45) is 0.250. The van der Waals surface area contributed by atoms with Crippen LogP contribution in [0.15, 0.2) is 36.4 Å². The van der Waals surface area contributed by atoms with Crippen LogP contribution in [0.25, 0.3) is 21.7 Å². The first kappa shape index (κ1) is 24.1. The minimum atomic E-state index is -0.168. The molecule has 0 bridgehead atoms. The van der Waals surface area contributed by atoms with Gasteiger partial charge >= 0.3 is 6.03 Å². The summed E-state index contributed by atoms with van der Waals surface area (Å²) in [6.45, 7) is 4.73. The second-order valence-electron chi connectivity index (χ2n) is 7.01. The molecule has 0 aliphatic carbocycles. The number of aryl methyl sites for hydroxylation is 1. The summed E-state index contributed by atoms with van der Waals surface area (Å²) in [5.41, 5.74) is 7.85. The molecule has 4 N–H and O–H groups in total. The van der Waals surface area contributed by atoms with Crippen LogP contribution in [0.4, 0.5) is 9.93 Å². The Morgan fingerprint density at radius 1 is 1.27 bits per heavy atom. The molecule has 1 aromatic carbocycles. The second kappa shape index (κ2) is 11.4. The molecule has 9 nitrogen and oxygen atoms in total. The van der Waals surface area contributed by atoms with E-state index in [0.717, 1.165) is 34.8 Å². The van der Waals surface area contributed by atoms with Gasteiger partial charge in [0.15, 0.2) is 5.13 Å². The summed E-state index contributed by atoms with van der Waals surface area (Å²) < 4.78 is 0. The van der Waals surface area contributed by atoms with Crippen LogP contribution in [-0.4, -0.2) is 53.5 Å². The van der Waals surface area contributed by atoms with E-state index in [0.29, 0.717) is 34.6 Å². The van der Waals surface area contributed by atoms with Crippen LogP contribution in [-0.2, 0) is 4.79 Å². The lowest BCUT2D eigenvalue weighted by Crippen LogP contribution is -2.48. The molecule has 0 unspecified atom stereocenters. The highest BCUT2D eigenvalue weighted by atomic mass is 35.5. The summed E-state index contributed by atoms with van der Waals surface area (Å²) in [5, 5.41) is 16.3. The van der Waals surface area contributed by atoms with Crippen molar-refractivity contribution in [3.8, 4) is 27.8 Å². The van der Waals surface area contributed by atoms with Crippen molar-refractivity contribution in [1.82, 2.24) is 20.2 Å². The number of aromatic nitrogens is 2. The van der Waals surface area contributed by atoms with E-state index in [4.69, 9.17) is 21.4 Å². The number of anilines is 1. The van der Waals surface area contributed by atoms with E-state index in [-0.39, 0.29) is 12.4 Å². The second-order valence-corrected chi connectivity index (χ2v) is 8.40. The Kier molecular flexibility index (Phi) is 8.32. The Bertz CT molecular complexity index is 1170. The molecule has 1 fully saturated rings. The van der Waals surface area contributed by atoms with Gasteiger partial charge in [0.1, 0.15) is 5.15 Å². The van der Waals surface area contributed by atoms with Crippen molar-refractivity contribution in [1.29, 1.82) is 5.26 Å². The van der Waals surface area contributed by atoms with Gasteiger partial charge in [-0.2, -0.15) is 5.26 Å². The predicted molar refractivity (Wildman–Crippen MR) is 129 cm³/mol. The van der Waals surface area contributed by atoms with Gasteiger partial charge in [-0.1, -0.05) is 35.1 Å². The summed E-state index contributed by atoms with van der Waals surface area (Å²) in [5.74, 6) is 0. The number of hydrogen-bond acceptors (Lipinski definition) is 7. The average Bonchev–Trinajstić information content (AvgIpc) is 3.23. The largest absolute Gasteiger partial charge is 0.372 e. The predicted octanol–water partition coefficient (Wildman–Crippen LogP) is 3.24. The molecule has 11 heteroatoms.